The molecule has 1 amide bonds. The number of nitrogens with zero attached hydrogens (tertiary/aromatic N) is 4. The molecule has 0 aromatic heterocycles. The zero-order valence-electron chi connectivity index (χ0n) is 25.2. The molecule has 234 valence electrons. The maximum atomic E-state index is 14.4. The first kappa shape index (κ1) is 31.8. The Morgan fingerprint density at radius 3 is 2.53 bits per heavy atom. The number of carbonyl (C=O) groups is 1. The Hall–Kier alpha value is -4.63. The summed E-state index contributed by atoms with van der Waals surface area (Å²) >= 11 is 0. The molecule has 2 atom stereocenters. The molecule has 0 radical (unpaired) electrons. The number of amides is 1. The monoisotopic (exact) mass is 609 g/mol. The predicted molar refractivity (Wildman–Crippen MR) is 173 cm³/mol. The number of benzene rings is 3. The van der Waals surface area contributed by atoms with E-state index in [1.807, 2.05) is 54.6 Å². The molecule has 45 heavy (non-hydrogen) atoms. The van der Waals surface area contributed by atoms with Crippen LogP contribution in [0.4, 0.5) is 5.69 Å². The molecular formula is C35H39N5O5. The molecule has 3 aromatic carbocycles. The summed E-state index contributed by atoms with van der Waals surface area (Å²) in [4.78, 5) is 22.5. The van der Waals surface area contributed by atoms with Crippen molar-refractivity contribution in [1.82, 2.24) is 5.32 Å². The number of hydrogen-bond acceptors (Lipinski definition) is 7. The number of ether oxygens (including phenoxy) is 2. The van der Waals surface area contributed by atoms with Crippen molar-refractivity contribution in [3.8, 4) is 5.75 Å². The Kier molecular flexibility index (Phi) is 10.5. The van der Waals surface area contributed by atoms with E-state index in [1.165, 1.54) is 0 Å². The van der Waals surface area contributed by atoms with Gasteiger partial charge in [-0.15, -0.1) is 0 Å². The minimum absolute atomic E-state index is 0.0434. The lowest BCUT2D eigenvalue weighted by atomic mass is 9.82. The summed E-state index contributed by atoms with van der Waals surface area (Å²) in [5.41, 5.74) is 9.34. The van der Waals surface area contributed by atoms with E-state index in [1.54, 1.807) is 36.4 Å². The van der Waals surface area contributed by atoms with Crippen LogP contribution in [0, 0.1) is 0 Å². The number of hydrogen-bond donors (Lipinski definition) is 3. The second-order valence-corrected chi connectivity index (χ2v) is 11.5. The highest BCUT2D eigenvalue weighted by atomic mass is 16.5. The number of rotatable bonds is 13. The van der Waals surface area contributed by atoms with Gasteiger partial charge in [-0.05, 0) is 48.2 Å². The summed E-state index contributed by atoms with van der Waals surface area (Å²) in [7, 11) is 0. The van der Waals surface area contributed by atoms with Crippen LogP contribution in [-0.4, -0.2) is 52.9 Å². The van der Waals surface area contributed by atoms with Gasteiger partial charge in [0.2, 0.25) is 5.90 Å². The Morgan fingerprint density at radius 2 is 1.80 bits per heavy atom. The van der Waals surface area contributed by atoms with Crippen molar-refractivity contribution < 1.29 is 24.5 Å². The molecular weight excluding hydrogens is 570 g/mol. The van der Waals surface area contributed by atoms with Gasteiger partial charge in [0.1, 0.15) is 5.75 Å². The van der Waals surface area contributed by atoms with Gasteiger partial charge in [0, 0.05) is 47.7 Å². The van der Waals surface area contributed by atoms with Gasteiger partial charge in [0.05, 0.1) is 12.2 Å². The van der Waals surface area contributed by atoms with Gasteiger partial charge < -0.3 is 25.0 Å². The fourth-order valence-electron chi connectivity index (χ4n) is 5.86. The lowest BCUT2D eigenvalue weighted by Crippen LogP contribution is -2.52. The van der Waals surface area contributed by atoms with Crippen molar-refractivity contribution in [3.05, 3.63) is 112 Å². The van der Waals surface area contributed by atoms with Crippen LogP contribution >= 0.6 is 0 Å². The number of carbonyl (C=O) groups excluding carboxylic acids is 1. The van der Waals surface area contributed by atoms with E-state index in [9.17, 15) is 15.4 Å². The third kappa shape index (κ3) is 7.72. The Bertz CT molecular complexity index is 1550. The van der Waals surface area contributed by atoms with E-state index in [2.05, 4.69) is 15.3 Å². The first-order valence-corrected chi connectivity index (χ1v) is 15.4. The van der Waals surface area contributed by atoms with Crippen molar-refractivity contribution in [2.24, 2.45) is 10.1 Å². The molecule has 1 saturated carbocycles. The van der Waals surface area contributed by atoms with Crippen LogP contribution in [0.1, 0.15) is 67.7 Å². The number of aliphatic imine (C=N–C) groups is 1. The van der Waals surface area contributed by atoms with Crippen LogP contribution in [0.15, 0.2) is 95.0 Å². The molecule has 0 saturated heterocycles. The number of azide groups is 1. The first-order chi connectivity index (χ1) is 22.0. The molecule has 0 bridgehead atoms. The predicted octanol–water partition coefficient (Wildman–Crippen LogP) is 6.56. The van der Waals surface area contributed by atoms with Crippen LogP contribution in [0.25, 0.3) is 16.5 Å². The van der Waals surface area contributed by atoms with E-state index < -0.39 is 17.2 Å². The number of nitrogens with one attached hydrogen (secondary N) is 1. The smallest absolute Gasteiger partial charge is 0.252 e. The van der Waals surface area contributed by atoms with Gasteiger partial charge in [-0.1, -0.05) is 91.1 Å². The molecule has 2 aliphatic rings. The zero-order chi connectivity index (χ0) is 31.5. The van der Waals surface area contributed by atoms with Crippen molar-refractivity contribution >= 4 is 23.6 Å². The van der Waals surface area contributed by atoms with Crippen LogP contribution in [0.2, 0.25) is 0 Å². The van der Waals surface area contributed by atoms with Gasteiger partial charge in [0.15, 0.2) is 11.6 Å². The maximum absolute atomic E-state index is 14.4. The normalized spacial score (nSPS) is 20.6. The topological polar surface area (TPSA) is 149 Å². The number of aliphatic hydroxyl groups is 2. The fourth-order valence-corrected chi connectivity index (χ4v) is 5.86. The molecule has 3 N–H and O–H groups in total. The second kappa shape index (κ2) is 14.9. The zero-order valence-corrected chi connectivity index (χ0v) is 25.2. The Labute approximate surface area is 263 Å². The molecule has 1 aliphatic heterocycles. The highest BCUT2D eigenvalue weighted by molar-refractivity contribution is 6.01. The largest absolute Gasteiger partial charge is 0.494 e. The summed E-state index contributed by atoms with van der Waals surface area (Å²) in [6.45, 7) is 0.530. The van der Waals surface area contributed by atoms with Crippen molar-refractivity contribution in [3.63, 3.8) is 0 Å². The molecule has 1 fully saturated rings. The fraction of sp³-hybridized carbons (Fsp3) is 0.371. The lowest BCUT2D eigenvalue weighted by molar-refractivity contribution is -0.130. The van der Waals surface area contributed by atoms with Crippen molar-refractivity contribution in [2.45, 2.75) is 62.2 Å². The molecule has 1 heterocycles. The summed E-state index contributed by atoms with van der Waals surface area (Å²) in [6, 6.07) is 24.0. The summed E-state index contributed by atoms with van der Waals surface area (Å²) < 4.78 is 12.2. The third-order valence-electron chi connectivity index (χ3n) is 8.30. The molecule has 0 spiro atoms. The summed E-state index contributed by atoms with van der Waals surface area (Å²) in [6.07, 6.45) is 7.72. The van der Waals surface area contributed by atoms with Gasteiger partial charge >= 0.3 is 0 Å². The van der Waals surface area contributed by atoms with Gasteiger partial charge in [-0.3, -0.25) is 4.79 Å². The van der Waals surface area contributed by atoms with E-state index in [4.69, 9.17) is 19.6 Å². The molecule has 0 unspecified atom stereocenters. The van der Waals surface area contributed by atoms with E-state index in [0.717, 1.165) is 24.8 Å². The number of aliphatic hydroxyl groups excluding tert-OH is 1. The second-order valence-electron chi connectivity index (χ2n) is 11.5. The Morgan fingerprint density at radius 1 is 1.07 bits per heavy atom. The van der Waals surface area contributed by atoms with Gasteiger partial charge in [-0.2, -0.15) is 0 Å². The van der Waals surface area contributed by atoms with E-state index >= 15 is 0 Å². The van der Waals surface area contributed by atoms with Crippen LogP contribution < -0.4 is 10.1 Å². The maximum Gasteiger partial charge on any atom is 0.252 e. The molecule has 5 rings (SSSR count). The standard InChI is InChI=1S/C35H39N5O5/c36-40-39-30-15-6-5-14-29(30)31-35(22-9-13-26-11-3-1-4-12-26,33(42)37-25-34(43)20-7-2-8-21-34)38-32(45-31)27-16-18-28(19-17-27)44-24-10-23-41/h1,3-6,9,11-19,31,41,43H,2,7-8,10,20-25H2,(H,37,42)/b13-9+/t31-,35-/m1/s1. The highest BCUT2D eigenvalue weighted by Gasteiger charge is 2.53. The van der Waals surface area contributed by atoms with Crippen molar-refractivity contribution in [2.75, 3.05) is 19.8 Å². The molecule has 1 aliphatic carbocycles. The minimum Gasteiger partial charge on any atom is -0.494 e. The van der Waals surface area contributed by atoms with E-state index in [0.29, 0.717) is 48.4 Å². The van der Waals surface area contributed by atoms with Crippen LogP contribution in [0.3, 0.4) is 0 Å². The average molecular weight is 610 g/mol. The summed E-state index contributed by atoms with van der Waals surface area (Å²) in [5.74, 6) is 0.503. The molecule has 3 aromatic rings. The van der Waals surface area contributed by atoms with Crippen LogP contribution in [-0.2, 0) is 9.53 Å². The molecule has 10 heteroatoms. The lowest BCUT2D eigenvalue weighted by Gasteiger charge is -2.35. The van der Waals surface area contributed by atoms with E-state index in [-0.39, 0.29) is 31.4 Å². The van der Waals surface area contributed by atoms with Gasteiger partial charge in [-0.25, -0.2) is 4.99 Å². The summed E-state index contributed by atoms with van der Waals surface area (Å²) in [5, 5.41) is 27.2. The van der Waals surface area contributed by atoms with Gasteiger partial charge in [0.25, 0.3) is 5.91 Å². The third-order valence-corrected chi connectivity index (χ3v) is 8.30. The van der Waals surface area contributed by atoms with Crippen molar-refractivity contribution in [1.29, 1.82) is 0 Å². The highest BCUT2D eigenvalue weighted by Crippen LogP contribution is 2.46. The SMILES string of the molecule is [N-]=[N+]=Nc1ccccc1[C@H]1OC(c2ccc(OCCCO)cc2)=N[C@@]1(C/C=C/c1ccccc1)C(=O)NCC1(O)CCCCC1. The minimum atomic E-state index is -1.48. The quantitative estimate of drug-likeness (QED) is 0.0868. The first-order valence-electron chi connectivity index (χ1n) is 15.4. The molecule has 10 nitrogen and oxygen atoms in total. The Balaban J connectivity index is 1.55. The average Bonchev–Trinajstić information content (AvgIpc) is 3.46. The van der Waals surface area contributed by atoms with Crippen LogP contribution in [0.5, 0.6) is 5.75 Å².